The fraction of sp³-hybridized carbons (Fsp3) is 0.476. The summed E-state index contributed by atoms with van der Waals surface area (Å²) in [6, 6.07) is 3.60. The molecule has 0 aliphatic carbocycles. The van der Waals surface area contributed by atoms with E-state index in [0.717, 1.165) is 41.9 Å². The molecule has 4 rings (SSSR count). The molecule has 32 heavy (non-hydrogen) atoms. The van der Waals surface area contributed by atoms with E-state index in [-0.39, 0.29) is 32.0 Å². The first-order valence-electron chi connectivity index (χ1n) is 10.2. The summed E-state index contributed by atoms with van der Waals surface area (Å²) in [5, 5.41) is 2.18. The van der Waals surface area contributed by atoms with E-state index in [1.165, 1.54) is 17.1 Å². The van der Waals surface area contributed by atoms with Crippen LogP contribution in [0.2, 0.25) is 5.02 Å². The molecule has 11 heteroatoms. The highest BCUT2D eigenvalue weighted by Crippen LogP contribution is 2.42. The zero-order valence-corrected chi connectivity index (χ0v) is 21.0. The Hall–Kier alpha value is -1.62. The summed E-state index contributed by atoms with van der Waals surface area (Å²) >= 11 is 8.77. The number of hydrogen-bond acceptors (Lipinski definition) is 7. The maximum Gasteiger partial charge on any atom is 0.265 e. The molecule has 2 fully saturated rings. The van der Waals surface area contributed by atoms with Crippen LogP contribution in [0.5, 0.6) is 0 Å². The maximum absolute atomic E-state index is 13.0. The Kier molecular flexibility index (Phi) is 6.59. The number of likely N-dealkylation sites (tertiary alicyclic amines) is 2. The van der Waals surface area contributed by atoms with E-state index in [2.05, 4.69) is 4.98 Å². The topological polar surface area (TPSA) is 87.7 Å². The van der Waals surface area contributed by atoms with E-state index in [9.17, 15) is 18.0 Å². The lowest BCUT2D eigenvalue weighted by molar-refractivity contribution is 0.0563. The molecule has 2 aromatic rings. The summed E-state index contributed by atoms with van der Waals surface area (Å²) in [6.45, 7) is 2.48. The monoisotopic (exact) mass is 513 g/mol. The predicted molar refractivity (Wildman–Crippen MR) is 127 cm³/mol. The van der Waals surface area contributed by atoms with Crippen molar-refractivity contribution >= 4 is 56.4 Å². The van der Waals surface area contributed by atoms with Gasteiger partial charge in [-0.2, -0.15) is 0 Å². The van der Waals surface area contributed by atoms with Crippen LogP contribution in [0.1, 0.15) is 39.3 Å². The quantitative estimate of drug-likeness (QED) is 0.579. The summed E-state index contributed by atoms with van der Waals surface area (Å²) in [7, 11) is -3.47. The standard InChI is InChI=1S/C21H24ClN3O4S3/c1-30-18-14(4-3-8-23-18)19(26)24-9-5-21(6-10-24)7-11-25(13-21)20(27)17-16(22)15(12-31-17)32(2,28)29/h3-4,8,12H,5-7,9-11,13H2,1-2H3. The molecule has 0 bridgehead atoms. The molecule has 0 saturated carbocycles. The number of thioether (sulfide) groups is 1. The Balaban J connectivity index is 1.42. The first-order chi connectivity index (χ1) is 15.1. The first-order valence-corrected chi connectivity index (χ1v) is 14.6. The molecule has 0 radical (unpaired) electrons. The van der Waals surface area contributed by atoms with Gasteiger partial charge in [-0.3, -0.25) is 9.59 Å². The van der Waals surface area contributed by atoms with Crippen molar-refractivity contribution in [2.75, 3.05) is 38.7 Å². The van der Waals surface area contributed by atoms with Crippen molar-refractivity contribution in [1.82, 2.24) is 14.8 Å². The number of carbonyl (C=O) groups is 2. The van der Waals surface area contributed by atoms with Crippen LogP contribution in [-0.4, -0.2) is 73.7 Å². The molecule has 7 nitrogen and oxygen atoms in total. The fourth-order valence-corrected chi connectivity index (χ4v) is 7.87. The normalized spacial score (nSPS) is 18.3. The highest BCUT2D eigenvalue weighted by molar-refractivity contribution is 7.98. The SMILES string of the molecule is CSc1ncccc1C(=O)N1CCC2(CC1)CCN(C(=O)c1scc(S(C)(=O)=O)c1Cl)C2. The molecule has 2 aliphatic heterocycles. The molecule has 172 valence electrons. The number of aromatic nitrogens is 1. The Morgan fingerprint density at radius 2 is 1.81 bits per heavy atom. The second-order valence-electron chi connectivity index (χ2n) is 8.34. The average Bonchev–Trinajstić information content (AvgIpc) is 3.37. The van der Waals surface area contributed by atoms with Crippen LogP contribution in [0, 0.1) is 5.41 Å². The molecular weight excluding hydrogens is 490 g/mol. The summed E-state index contributed by atoms with van der Waals surface area (Å²) in [4.78, 5) is 34.3. The maximum atomic E-state index is 13.0. The summed E-state index contributed by atoms with van der Waals surface area (Å²) < 4.78 is 23.7. The second-order valence-corrected chi connectivity index (χ2v) is 12.4. The minimum absolute atomic E-state index is 0.00176. The molecule has 0 N–H and O–H groups in total. The first kappa shape index (κ1) is 23.5. The van der Waals surface area contributed by atoms with Crippen LogP contribution in [0.3, 0.4) is 0 Å². The van der Waals surface area contributed by atoms with Gasteiger partial charge in [0.05, 0.1) is 15.5 Å². The molecule has 4 heterocycles. The van der Waals surface area contributed by atoms with Crippen LogP contribution in [0.4, 0.5) is 0 Å². The van der Waals surface area contributed by atoms with E-state index >= 15 is 0 Å². The Labute approximate surface area is 201 Å². The van der Waals surface area contributed by atoms with Gasteiger partial charge in [0.25, 0.3) is 11.8 Å². The van der Waals surface area contributed by atoms with Crippen molar-refractivity contribution in [3.05, 3.63) is 39.2 Å². The van der Waals surface area contributed by atoms with Crippen LogP contribution >= 0.6 is 34.7 Å². The summed E-state index contributed by atoms with van der Waals surface area (Å²) in [6.07, 6.45) is 7.20. The number of hydrogen-bond donors (Lipinski definition) is 0. The summed E-state index contributed by atoms with van der Waals surface area (Å²) in [5.74, 6) is -0.216. The Morgan fingerprint density at radius 3 is 2.41 bits per heavy atom. The highest BCUT2D eigenvalue weighted by atomic mass is 35.5. The molecule has 2 amide bonds. The molecule has 2 saturated heterocycles. The Morgan fingerprint density at radius 1 is 1.16 bits per heavy atom. The van der Waals surface area contributed by atoms with Gasteiger partial charge in [-0.25, -0.2) is 13.4 Å². The van der Waals surface area contributed by atoms with Gasteiger partial charge in [0.1, 0.15) is 9.90 Å². The number of carbonyl (C=O) groups excluding carboxylic acids is 2. The molecule has 2 aliphatic rings. The highest BCUT2D eigenvalue weighted by Gasteiger charge is 2.43. The van der Waals surface area contributed by atoms with Crippen molar-refractivity contribution in [2.45, 2.75) is 29.2 Å². The van der Waals surface area contributed by atoms with Crippen molar-refractivity contribution in [3.8, 4) is 0 Å². The zero-order valence-electron chi connectivity index (χ0n) is 17.8. The number of sulfone groups is 1. The number of rotatable bonds is 4. The lowest BCUT2D eigenvalue weighted by Crippen LogP contribution is -2.44. The molecule has 0 unspecified atom stereocenters. The van der Waals surface area contributed by atoms with Gasteiger partial charge < -0.3 is 9.80 Å². The van der Waals surface area contributed by atoms with Crippen molar-refractivity contribution in [1.29, 1.82) is 0 Å². The number of nitrogens with zero attached hydrogens (tertiary/aromatic N) is 3. The van der Waals surface area contributed by atoms with Crippen LogP contribution in [0.25, 0.3) is 0 Å². The fourth-order valence-electron chi connectivity index (χ4n) is 4.45. The minimum Gasteiger partial charge on any atom is -0.339 e. The van der Waals surface area contributed by atoms with Crippen molar-refractivity contribution < 1.29 is 18.0 Å². The van der Waals surface area contributed by atoms with Crippen LogP contribution in [0.15, 0.2) is 33.6 Å². The number of piperidine rings is 1. The van der Waals surface area contributed by atoms with E-state index in [0.29, 0.717) is 31.7 Å². The van der Waals surface area contributed by atoms with Gasteiger partial charge in [0, 0.05) is 44.0 Å². The smallest absolute Gasteiger partial charge is 0.265 e. The number of halogens is 1. The molecule has 2 aromatic heterocycles. The Bertz CT molecular complexity index is 1160. The summed E-state index contributed by atoms with van der Waals surface area (Å²) in [5.41, 5.74) is 0.612. The van der Waals surface area contributed by atoms with Crippen molar-refractivity contribution in [2.24, 2.45) is 5.41 Å². The van der Waals surface area contributed by atoms with Gasteiger partial charge in [-0.05, 0) is 43.1 Å². The van der Waals surface area contributed by atoms with Gasteiger partial charge in [-0.15, -0.1) is 23.1 Å². The molecule has 0 aromatic carbocycles. The number of pyridine rings is 1. The van der Waals surface area contributed by atoms with Gasteiger partial charge >= 0.3 is 0 Å². The second kappa shape index (κ2) is 8.96. The van der Waals surface area contributed by atoms with Crippen molar-refractivity contribution in [3.63, 3.8) is 0 Å². The van der Waals surface area contributed by atoms with E-state index in [1.54, 1.807) is 17.2 Å². The predicted octanol–water partition coefficient (Wildman–Crippen LogP) is 3.69. The number of amides is 2. The number of thiophene rings is 1. The molecule has 0 atom stereocenters. The third-order valence-corrected chi connectivity index (χ3v) is 9.89. The third-order valence-electron chi connectivity index (χ3n) is 6.32. The van der Waals surface area contributed by atoms with Crippen LogP contribution < -0.4 is 0 Å². The lowest BCUT2D eigenvalue weighted by atomic mass is 9.77. The van der Waals surface area contributed by atoms with Gasteiger partial charge in [0.2, 0.25) is 0 Å². The van der Waals surface area contributed by atoms with Gasteiger partial charge in [-0.1, -0.05) is 11.6 Å². The molecule has 1 spiro atoms. The van der Waals surface area contributed by atoms with E-state index in [1.807, 2.05) is 17.2 Å². The zero-order chi connectivity index (χ0) is 23.1. The largest absolute Gasteiger partial charge is 0.339 e. The molecular formula is C21H24ClN3O4S3. The minimum atomic E-state index is -3.47. The van der Waals surface area contributed by atoms with E-state index < -0.39 is 9.84 Å². The van der Waals surface area contributed by atoms with Gasteiger partial charge in [0.15, 0.2) is 9.84 Å². The van der Waals surface area contributed by atoms with Crippen LogP contribution in [-0.2, 0) is 9.84 Å². The average molecular weight is 514 g/mol. The lowest BCUT2D eigenvalue weighted by Gasteiger charge is -2.39. The van der Waals surface area contributed by atoms with E-state index in [4.69, 9.17) is 11.6 Å². The third kappa shape index (κ3) is 4.42.